The molecule has 6 heteroatoms. The molecule has 2 heterocycles. The topological polar surface area (TPSA) is 77.2 Å². The van der Waals surface area contributed by atoms with Crippen LogP contribution in [0.1, 0.15) is 17.6 Å². The van der Waals surface area contributed by atoms with E-state index in [1.54, 1.807) is 11.3 Å². The summed E-state index contributed by atoms with van der Waals surface area (Å²) in [7, 11) is 0. The van der Waals surface area contributed by atoms with Crippen LogP contribution in [0, 0.1) is 12.3 Å². The summed E-state index contributed by atoms with van der Waals surface area (Å²) >= 11 is 1.62. The van der Waals surface area contributed by atoms with E-state index in [9.17, 15) is 4.79 Å². The summed E-state index contributed by atoms with van der Waals surface area (Å²) in [6, 6.07) is -0.223. The Morgan fingerprint density at radius 2 is 2.56 bits per heavy atom. The average Bonchev–Trinajstić information content (AvgIpc) is 2.88. The summed E-state index contributed by atoms with van der Waals surface area (Å²) in [6.45, 7) is 5.27. The van der Waals surface area contributed by atoms with Gasteiger partial charge < -0.3 is 15.8 Å². The van der Waals surface area contributed by atoms with Crippen LogP contribution in [0.2, 0.25) is 0 Å². The Hall–Kier alpha value is -0.980. The Kier molecular flexibility index (Phi) is 3.99. The van der Waals surface area contributed by atoms with Crippen LogP contribution in [0.5, 0.6) is 0 Å². The van der Waals surface area contributed by atoms with Crippen molar-refractivity contribution in [1.82, 2.24) is 10.3 Å². The molecular weight excluding hydrogens is 250 g/mol. The van der Waals surface area contributed by atoms with Gasteiger partial charge in [-0.1, -0.05) is 0 Å². The van der Waals surface area contributed by atoms with E-state index in [0.29, 0.717) is 19.8 Å². The van der Waals surface area contributed by atoms with E-state index in [2.05, 4.69) is 10.3 Å². The lowest BCUT2D eigenvalue weighted by Gasteiger charge is -2.25. The summed E-state index contributed by atoms with van der Waals surface area (Å²) < 4.78 is 5.27. The maximum atomic E-state index is 12.1. The third-order valence-corrected chi connectivity index (χ3v) is 4.35. The number of nitrogens with two attached hydrogens (primary N) is 1. The molecule has 1 amide bonds. The lowest BCUT2D eigenvalue weighted by Crippen LogP contribution is -2.50. The Bertz CT molecular complexity index is 435. The van der Waals surface area contributed by atoms with Gasteiger partial charge in [0, 0.05) is 30.1 Å². The van der Waals surface area contributed by atoms with Gasteiger partial charge in [0.05, 0.1) is 23.6 Å². The Morgan fingerprint density at radius 1 is 1.78 bits per heavy atom. The molecule has 0 bridgehead atoms. The molecule has 1 aliphatic rings. The van der Waals surface area contributed by atoms with Crippen LogP contribution in [0.25, 0.3) is 0 Å². The Labute approximate surface area is 111 Å². The number of aryl methyl sites for hydroxylation is 1. The fourth-order valence-corrected chi connectivity index (χ4v) is 2.70. The van der Waals surface area contributed by atoms with Gasteiger partial charge in [-0.2, -0.15) is 0 Å². The molecule has 1 aliphatic heterocycles. The molecule has 1 aromatic rings. The SMILES string of the molecule is Cc1csc(CCNC(=O)C2(C)COCC2N)n1. The molecule has 0 saturated carbocycles. The van der Waals surface area contributed by atoms with Gasteiger partial charge in [0.1, 0.15) is 0 Å². The number of aromatic nitrogens is 1. The minimum atomic E-state index is -0.598. The normalized spacial score (nSPS) is 27.4. The van der Waals surface area contributed by atoms with Crippen LogP contribution in [0.3, 0.4) is 0 Å². The highest BCUT2D eigenvalue weighted by Gasteiger charge is 2.44. The van der Waals surface area contributed by atoms with E-state index >= 15 is 0 Å². The molecule has 5 nitrogen and oxygen atoms in total. The number of carbonyl (C=O) groups is 1. The summed E-state index contributed by atoms with van der Waals surface area (Å²) in [4.78, 5) is 16.4. The van der Waals surface area contributed by atoms with Crippen molar-refractivity contribution in [1.29, 1.82) is 0 Å². The number of nitrogens with one attached hydrogen (secondary N) is 1. The minimum Gasteiger partial charge on any atom is -0.379 e. The molecule has 2 rings (SSSR count). The zero-order valence-electron chi connectivity index (χ0n) is 10.7. The first kappa shape index (κ1) is 13.5. The lowest BCUT2D eigenvalue weighted by atomic mass is 9.85. The highest BCUT2D eigenvalue weighted by atomic mass is 32.1. The van der Waals surface area contributed by atoms with Crippen LogP contribution in [-0.4, -0.2) is 36.7 Å². The monoisotopic (exact) mass is 269 g/mol. The molecule has 2 atom stereocenters. The summed E-state index contributed by atoms with van der Waals surface area (Å²) in [5, 5.41) is 5.98. The van der Waals surface area contributed by atoms with Crippen molar-refractivity contribution in [2.24, 2.45) is 11.1 Å². The predicted molar refractivity (Wildman–Crippen MR) is 70.5 cm³/mol. The summed E-state index contributed by atoms with van der Waals surface area (Å²) in [5.74, 6) is -0.0271. The van der Waals surface area contributed by atoms with Crippen LogP contribution in [-0.2, 0) is 16.0 Å². The second-order valence-corrected chi connectivity index (χ2v) is 5.87. The van der Waals surface area contributed by atoms with Crippen LogP contribution >= 0.6 is 11.3 Å². The molecule has 1 fully saturated rings. The van der Waals surface area contributed by atoms with Crippen molar-refractivity contribution < 1.29 is 9.53 Å². The van der Waals surface area contributed by atoms with E-state index in [0.717, 1.165) is 17.1 Å². The third-order valence-electron chi connectivity index (χ3n) is 3.33. The maximum Gasteiger partial charge on any atom is 0.229 e. The second kappa shape index (κ2) is 5.34. The van der Waals surface area contributed by atoms with Crippen molar-refractivity contribution in [2.45, 2.75) is 26.3 Å². The zero-order chi connectivity index (χ0) is 13.2. The summed E-state index contributed by atoms with van der Waals surface area (Å²) in [6.07, 6.45) is 0.760. The maximum absolute atomic E-state index is 12.1. The number of carbonyl (C=O) groups excluding carboxylic acids is 1. The van der Waals surface area contributed by atoms with Crippen molar-refractivity contribution in [3.8, 4) is 0 Å². The lowest BCUT2D eigenvalue weighted by molar-refractivity contribution is -0.130. The fraction of sp³-hybridized carbons (Fsp3) is 0.667. The van der Waals surface area contributed by atoms with Gasteiger partial charge in [0.15, 0.2) is 0 Å². The number of ether oxygens (including phenoxy) is 1. The number of nitrogens with zero attached hydrogens (tertiary/aromatic N) is 1. The molecule has 100 valence electrons. The van der Waals surface area contributed by atoms with Gasteiger partial charge >= 0.3 is 0 Å². The molecule has 2 unspecified atom stereocenters. The van der Waals surface area contributed by atoms with E-state index in [4.69, 9.17) is 10.5 Å². The number of hydrogen-bond donors (Lipinski definition) is 2. The first-order chi connectivity index (χ1) is 8.52. The largest absolute Gasteiger partial charge is 0.379 e. The van der Waals surface area contributed by atoms with Gasteiger partial charge in [0.25, 0.3) is 0 Å². The number of rotatable bonds is 4. The van der Waals surface area contributed by atoms with Crippen molar-refractivity contribution in [3.63, 3.8) is 0 Å². The van der Waals surface area contributed by atoms with Gasteiger partial charge in [0.2, 0.25) is 5.91 Å². The molecule has 0 aromatic carbocycles. The Morgan fingerprint density at radius 3 is 3.11 bits per heavy atom. The van der Waals surface area contributed by atoms with E-state index in [-0.39, 0.29) is 11.9 Å². The molecular formula is C12H19N3O2S. The molecule has 0 spiro atoms. The smallest absolute Gasteiger partial charge is 0.229 e. The molecule has 1 saturated heterocycles. The number of amides is 1. The highest BCUT2D eigenvalue weighted by Crippen LogP contribution is 2.27. The second-order valence-electron chi connectivity index (χ2n) is 4.93. The summed E-state index contributed by atoms with van der Waals surface area (Å²) in [5.41, 5.74) is 6.33. The predicted octanol–water partition coefficient (Wildman–Crippen LogP) is 0.474. The molecule has 1 aromatic heterocycles. The number of hydrogen-bond acceptors (Lipinski definition) is 5. The molecule has 3 N–H and O–H groups in total. The molecule has 18 heavy (non-hydrogen) atoms. The van der Waals surface area contributed by atoms with Gasteiger partial charge in [-0.05, 0) is 13.8 Å². The average molecular weight is 269 g/mol. The third kappa shape index (κ3) is 2.71. The first-order valence-electron chi connectivity index (χ1n) is 6.05. The van der Waals surface area contributed by atoms with E-state index < -0.39 is 5.41 Å². The van der Waals surface area contributed by atoms with Gasteiger partial charge in [-0.3, -0.25) is 4.79 Å². The van der Waals surface area contributed by atoms with Crippen LogP contribution in [0.4, 0.5) is 0 Å². The van der Waals surface area contributed by atoms with Crippen LogP contribution in [0.15, 0.2) is 5.38 Å². The van der Waals surface area contributed by atoms with Crippen molar-refractivity contribution in [2.75, 3.05) is 19.8 Å². The standard InChI is InChI=1S/C12H19N3O2S/c1-8-6-18-10(15-8)3-4-14-11(16)12(2)7-17-5-9(12)13/h6,9H,3-5,7,13H2,1-2H3,(H,14,16). The quantitative estimate of drug-likeness (QED) is 0.833. The fourth-order valence-electron chi connectivity index (χ4n) is 1.93. The van der Waals surface area contributed by atoms with E-state index in [1.165, 1.54) is 0 Å². The van der Waals surface area contributed by atoms with Crippen molar-refractivity contribution in [3.05, 3.63) is 16.1 Å². The minimum absolute atomic E-state index is 0.0271. The Balaban J connectivity index is 1.81. The van der Waals surface area contributed by atoms with Gasteiger partial charge in [-0.25, -0.2) is 4.98 Å². The highest BCUT2D eigenvalue weighted by molar-refractivity contribution is 7.09. The van der Waals surface area contributed by atoms with Crippen LogP contribution < -0.4 is 11.1 Å². The van der Waals surface area contributed by atoms with Gasteiger partial charge in [-0.15, -0.1) is 11.3 Å². The van der Waals surface area contributed by atoms with Crippen molar-refractivity contribution >= 4 is 17.2 Å². The van der Waals surface area contributed by atoms with E-state index in [1.807, 2.05) is 19.2 Å². The first-order valence-corrected chi connectivity index (χ1v) is 6.93. The number of thiazole rings is 1. The zero-order valence-corrected chi connectivity index (χ0v) is 11.5. The molecule has 0 radical (unpaired) electrons. The molecule has 0 aliphatic carbocycles.